The van der Waals surface area contributed by atoms with Crippen LogP contribution in [-0.2, 0) is 19.7 Å². The van der Waals surface area contributed by atoms with E-state index >= 15 is 0 Å². The lowest BCUT2D eigenvalue weighted by molar-refractivity contribution is -0.131. The number of carbonyl (C=O) groups excluding carboxylic acids is 2. The molecule has 0 bridgehead atoms. The van der Waals surface area contributed by atoms with Crippen molar-refractivity contribution in [2.75, 3.05) is 26.9 Å². The zero-order chi connectivity index (χ0) is 25.4. The third-order valence-corrected chi connectivity index (χ3v) is 7.81. The molecule has 0 spiro atoms. The van der Waals surface area contributed by atoms with Crippen LogP contribution in [-0.4, -0.2) is 38.8 Å². The zero-order valence-corrected chi connectivity index (χ0v) is 21.6. The Morgan fingerprint density at radius 1 is 1.03 bits per heavy atom. The van der Waals surface area contributed by atoms with Gasteiger partial charge in [-0.3, -0.25) is 4.79 Å². The number of hydrogen-bond donors (Lipinski definition) is 1. The number of hydrogen-bond acceptors (Lipinski definition) is 5. The fourth-order valence-electron chi connectivity index (χ4n) is 5.44. The van der Waals surface area contributed by atoms with E-state index in [9.17, 15) is 9.59 Å². The minimum Gasteiger partial charge on any atom is -0.493 e. The van der Waals surface area contributed by atoms with E-state index in [0.29, 0.717) is 37.5 Å². The molecule has 1 saturated heterocycles. The van der Waals surface area contributed by atoms with Crippen molar-refractivity contribution in [1.29, 1.82) is 0 Å². The summed E-state index contributed by atoms with van der Waals surface area (Å²) in [4.78, 5) is 25.5. The second-order valence-corrected chi connectivity index (χ2v) is 10.2. The average molecular weight is 494 g/mol. The van der Waals surface area contributed by atoms with Crippen LogP contribution in [0.1, 0.15) is 85.8 Å². The molecule has 2 fully saturated rings. The number of rotatable bonds is 8. The summed E-state index contributed by atoms with van der Waals surface area (Å²) in [5.74, 6) is 1.07. The molecule has 1 saturated carbocycles. The van der Waals surface area contributed by atoms with E-state index < -0.39 is 5.41 Å². The van der Waals surface area contributed by atoms with E-state index in [1.54, 1.807) is 12.1 Å². The van der Waals surface area contributed by atoms with Gasteiger partial charge in [0.05, 0.1) is 30.7 Å². The standard InChI is InChI=1S/C30H39NO5/c1-22(24-12-14-25(15-13-24)28(32)34-2)31-29(33)30(16-18-35-19-17-30)26-10-7-11-27(20-26)36-21-23-8-5-3-4-6-9-23/h7,10-15,20,22-23H,3-6,8-9,16-19,21H2,1-2H3,(H,31,33)/t22-/m0/s1. The monoisotopic (exact) mass is 493 g/mol. The molecule has 2 aromatic carbocycles. The molecule has 4 rings (SSSR count). The van der Waals surface area contributed by atoms with Gasteiger partial charge in [-0.15, -0.1) is 0 Å². The first-order valence-corrected chi connectivity index (χ1v) is 13.3. The molecule has 1 aliphatic carbocycles. The van der Waals surface area contributed by atoms with Gasteiger partial charge in [-0.05, 0) is 73.9 Å². The maximum Gasteiger partial charge on any atom is 0.337 e. The Bertz CT molecular complexity index is 1000. The van der Waals surface area contributed by atoms with Gasteiger partial charge in [0, 0.05) is 13.2 Å². The smallest absolute Gasteiger partial charge is 0.337 e. The third-order valence-electron chi connectivity index (χ3n) is 7.81. The molecular formula is C30H39NO5. The Balaban J connectivity index is 1.48. The van der Waals surface area contributed by atoms with Crippen molar-refractivity contribution in [3.05, 3.63) is 65.2 Å². The third kappa shape index (κ3) is 6.28. The molecule has 1 N–H and O–H groups in total. The summed E-state index contributed by atoms with van der Waals surface area (Å²) in [7, 11) is 1.36. The second-order valence-electron chi connectivity index (χ2n) is 10.2. The summed E-state index contributed by atoms with van der Waals surface area (Å²) in [6.45, 7) is 3.79. The topological polar surface area (TPSA) is 73.9 Å². The summed E-state index contributed by atoms with van der Waals surface area (Å²) < 4.78 is 16.7. The number of esters is 1. The van der Waals surface area contributed by atoms with Gasteiger partial charge in [-0.25, -0.2) is 4.79 Å². The van der Waals surface area contributed by atoms with E-state index in [1.807, 2.05) is 37.3 Å². The Morgan fingerprint density at radius 2 is 1.72 bits per heavy atom. The van der Waals surface area contributed by atoms with Gasteiger partial charge in [-0.1, -0.05) is 49.9 Å². The molecule has 6 heteroatoms. The minimum absolute atomic E-state index is 0.00346. The molecule has 0 unspecified atom stereocenters. The van der Waals surface area contributed by atoms with Gasteiger partial charge < -0.3 is 19.5 Å². The van der Waals surface area contributed by atoms with Crippen LogP contribution in [0.5, 0.6) is 5.75 Å². The zero-order valence-electron chi connectivity index (χ0n) is 21.6. The van der Waals surface area contributed by atoms with Crippen LogP contribution >= 0.6 is 0 Å². The molecule has 1 atom stereocenters. The van der Waals surface area contributed by atoms with Gasteiger partial charge >= 0.3 is 5.97 Å². The number of amides is 1. The summed E-state index contributed by atoms with van der Waals surface area (Å²) in [5.41, 5.74) is 1.73. The summed E-state index contributed by atoms with van der Waals surface area (Å²) >= 11 is 0. The molecule has 194 valence electrons. The number of methoxy groups -OCH3 is 1. The molecule has 2 aromatic rings. The number of carbonyl (C=O) groups is 2. The fourth-order valence-corrected chi connectivity index (χ4v) is 5.44. The van der Waals surface area contributed by atoms with Gasteiger partial charge in [0.2, 0.25) is 5.91 Å². The first-order valence-electron chi connectivity index (χ1n) is 13.3. The van der Waals surface area contributed by atoms with Gasteiger partial charge in [0.1, 0.15) is 5.75 Å². The highest BCUT2D eigenvalue weighted by atomic mass is 16.5. The van der Waals surface area contributed by atoms with Crippen molar-refractivity contribution >= 4 is 11.9 Å². The number of benzene rings is 2. The van der Waals surface area contributed by atoms with Crippen LogP contribution < -0.4 is 10.1 Å². The maximum absolute atomic E-state index is 13.8. The van der Waals surface area contributed by atoms with Crippen LogP contribution in [0.15, 0.2) is 48.5 Å². The molecule has 0 aromatic heterocycles. The highest BCUT2D eigenvalue weighted by Crippen LogP contribution is 2.37. The molecule has 0 radical (unpaired) electrons. The van der Waals surface area contributed by atoms with Gasteiger partial charge in [-0.2, -0.15) is 0 Å². The summed E-state index contributed by atoms with van der Waals surface area (Å²) in [6.07, 6.45) is 8.97. The maximum atomic E-state index is 13.8. The summed E-state index contributed by atoms with van der Waals surface area (Å²) in [5, 5.41) is 3.23. The first kappa shape index (κ1) is 26.2. The lowest BCUT2D eigenvalue weighted by Crippen LogP contribution is -2.48. The van der Waals surface area contributed by atoms with Crippen LogP contribution in [0, 0.1) is 5.92 Å². The van der Waals surface area contributed by atoms with Crippen LogP contribution in [0.25, 0.3) is 0 Å². The molecule has 1 heterocycles. The predicted octanol–water partition coefficient (Wildman–Crippen LogP) is 5.75. The Morgan fingerprint density at radius 3 is 2.39 bits per heavy atom. The predicted molar refractivity (Wildman–Crippen MR) is 139 cm³/mol. The van der Waals surface area contributed by atoms with Crippen molar-refractivity contribution in [3.63, 3.8) is 0 Å². The van der Waals surface area contributed by atoms with E-state index in [0.717, 1.165) is 23.5 Å². The molecule has 1 aliphatic heterocycles. The van der Waals surface area contributed by atoms with Gasteiger partial charge in [0.15, 0.2) is 0 Å². The van der Waals surface area contributed by atoms with E-state index in [2.05, 4.69) is 11.4 Å². The Kier molecular flexibility index (Phi) is 9.03. The second kappa shape index (κ2) is 12.4. The molecular weight excluding hydrogens is 454 g/mol. The van der Waals surface area contributed by atoms with E-state index in [-0.39, 0.29) is 17.9 Å². The van der Waals surface area contributed by atoms with Crippen LogP contribution in [0.3, 0.4) is 0 Å². The molecule has 6 nitrogen and oxygen atoms in total. The fraction of sp³-hybridized carbons (Fsp3) is 0.533. The van der Waals surface area contributed by atoms with Gasteiger partial charge in [0.25, 0.3) is 0 Å². The van der Waals surface area contributed by atoms with Crippen molar-refractivity contribution in [2.45, 2.75) is 69.7 Å². The Hall–Kier alpha value is -2.86. The van der Waals surface area contributed by atoms with Crippen molar-refractivity contribution < 1.29 is 23.8 Å². The van der Waals surface area contributed by atoms with Crippen molar-refractivity contribution in [2.24, 2.45) is 5.92 Å². The van der Waals surface area contributed by atoms with E-state index in [1.165, 1.54) is 45.6 Å². The highest BCUT2D eigenvalue weighted by Gasteiger charge is 2.42. The number of ether oxygens (including phenoxy) is 3. The quantitative estimate of drug-likeness (QED) is 0.375. The van der Waals surface area contributed by atoms with Crippen molar-refractivity contribution in [1.82, 2.24) is 5.32 Å². The van der Waals surface area contributed by atoms with Crippen molar-refractivity contribution in [3.8, 4) is 5.75 Å². The van der Waals surface area contributed by atoms with E-state index in [4.69, 9.17) is 14.2 Å². The normalized spacial score (nSPS) is 19.1. The van der Waals surface area contributed by atoms with Crippen LogP contribution in [0.2, 0.25) is 0 Å². The minimum atomic E-state index is -0.667. The Labute approximate surface area is 214 Å². The molecule has 2 aliphatic rings. The SMILES string of the molecule is COC(=O)c1ccc([C@H](C)NC(=O)C2(c3cccc(OCC4CCCCCC4)c3)CCOCC2)cc1. The lowest BCUT2D eigenvalue weighted by atomic mass is 9.73. The number of nitrogens with one attached hydrogen (secondary N) is 1. The van der Waals surface area contributed by atoms with Crippen LogP contribution in [0.4, 0.5) is 0 Å². The molecule has 36 heavy (non-hydrogen) atoms. The lowest BCUT2D eigenvalue weighted by Gasteiger charge is -2.37. The largest absolute Gasteiger partial charge is 0.493 e. The summed E-state index contributed by atoms with van der Waals surface area (Å²) in [6, 6.07) is 15.0. The highest BCUT2D eigenvalue weighted by molar-refractivity contribution is 5.90. The molecule has 1 amide bonds. The first-order chi connectivity index (χ1) is 17.5. The average Bonchev–Trinajstić information content (AvgIpc) is 3.21.